The Morgan fingerprint density at radius 1 is 1.15 bits per heavy atom. The smallest absolute Gasteiger partial charge is 0.136 e. The number of aliphatic imine (C=N–C) groups is 1. The van der Waals surface area contributed by atoms with Crippen molar-refractivity contribution >= 4 is 28.4 Å². The molecule has 2 heterocycles. The highest BCUT2D eigenvalue weighted by atomic mass is 32.1. The van der Waals surface area contributed by atoms with Crippen LogP contribution in [0.3, 0.4) is 0 Å². The van der Waals surface area contributed by atoms with Crippen molar-refractivity contribution in [2.45, 2.75) is 80.2 Å². The maximum atomic E-state index is 5.06. The van der Waals surface area contributed by atoms with Crippen LogP contribution in [0.2, 0.25) is 0 Å². The van der Waals surface area contributed by atoms with Crippen LogP contribution in [0, 0.1) is 20.8 Å². The molecule has 0 amide bonds. The van der Waals surface area contributed by atoms with E-state index in [4.69, 9.17) is 4.99 Å². The molecule has 2 aromatic rings. The lowest BCUT2D eigenvalue weighted by molar-refractivity contribution is 0.476. The monoisotopic (exact) mass is 370 g/mol. The van der Waals surface area contributed by atoms with Gasteiger partial charge in [0.2, 0.25) is 0 Å². The van der Waals surface area contributed by atoms with Gasteiger partial charge in [-0.2, -0.15) is 0 Å². The van der Waals surface area contributed by atoms with Crippen LogP contribution in [0.25, 0.3) is 5.57 Å². The van der Waals surface area contributed by atoms with Crippen LogP contribution < -0.4 is 0 Å². The summed E-state index contributed by atoms with van der Waals surface area (Å²) >= 11 is 1.87. The van der Waals surface area contributed by atoms with Gasteiger partial charge >= 0.3 is 0 Å². The molecule has 0 unspecified atom stereocenters. The SMILES string of the molecule is C=C(/C(C)=N\c1c(C)c(C)cn1C(CC)CC)c1sc(CCC)cc1C. The fourth-order valence-corrected chi connectivity index (χ4v) is 4.74. The first-order valence-electron chi connectivity index (χ1n) is 9.86. The highest BCUT2D eigenvalue weighted by Gasteiger charge is 2.17. The van der Waals surface area contributed by atoms with Gasteiger partial charge in [0.05, 0.1) is 0 Å². The fraction of sp³-hybridized carbons (Fsp3) is 0.522. The number of rotatable bonds is 8. The average molecular weight is 371 g/mol. The standard InChI is InChI=1S/C23H34N2S/c1-9-12-21-13-15(4)22(26-21)18(7)19(8)24-23-17(6)16(5)14-25(23)20(10-2)11-3/h13-14,20H,7,9-12H2,1-6,8H3/b24-19-. The van der Waals surface area contributed by atoms with E-state index in [-0.39, 0.29) is 0 Å². The molecule has 3 heteroatoms. The molecule has 2 nitrogen and oxygen atoms in total. The first kappa shape index (κ1) is 20.7. The van der Waals surface area contributed by atoms with Crippen molar-refractivity contribution < 1.29 is 0 Å². The number of aryl methyl sites for hydroxylation is 3. The fourth-order valence-electron chi connectivity index (χ4n) is 3.45. The summed E-state index contributed by atoms with van der Waals surface area (Å²) in [4.78, 5) is 7.78. The summed E-state index contributed by atoms with van der Waals surface area (Å²) in [5, 5.41) is 0. The summed E-state index contributed by atoms with van der Waals surface area (Å²) in [5.41, 5.74) is 5.99. The van der Waals surface area contributed by atoms with Crippen molar-refractivity contribution in [2.75, 3.05) is 0 Å². The maximum absolute atomic E-state index is 5.06. The minimum absolute atomic E-state index is 0.502. The van der Waals surface area contributed by atoms with Gasteiger partial charge in [-0.15, -0.1) is 11.3 Å². The van der Waals surface area contributed by atoms with Crippen LogP contribution in [-0.2, 0) is 6.42 Å². The van der Waals surface area contributed by atoms with Crippen molar-refractivity contribution in [1.82, 2.24) is 4.57 Å². The molecule has 0 N–H and O–H groups in total. The van der Waals surface area contributed by atoms with E-state index >= 15 is 0 Å². The zero-order valence-corrected chi connectivity index (χ0v) is 18.4. The topological polar surface area (TPSA) is 17.3 Å². The second-order valence-corrected chi connectivity index (χ2v) is 8.43. The van der Waals surface area contributed by atoms with Crippen LogP contribution in [0.1, 0.15) is 79.4 Å². The molecule has 0 atom stereocenters. The molecule has 0 aliphatic rings. The quantitative estimate of drug-likeness (QED) is 0.426. The molecule has 0 saturated heterocycles. The minimum Gasteiger partial charge on any atom is -0.329 e. The second kappa shape index (κ2) is 8.85. The summed E-state index contributed by atoms with van der Waals surface area (Å²) in [6.07, 6.45) is 6.83. The number of hydrogen-bond acceptors (Lipinski definition) is 2. The Balaban J connectivity index is 2.42. The lowest BCUT2D eigenvalue weighted by atomic mass is 10.1. The van der Waals surface area contributed by atoms with Gasteiger partial charge in [0.15, 0.2) is 0 Å². The van der Waals surface area contributed by atoms with Crippen molar-refractivity contribution in [1.29, 1.82) is 0 Å². The molecule has 0 bridgehead atoms. The molecule has 2 rings (SSSR count). The number of hydrogen-bond donors (Lipinski definition) is 0. The highest BCUT2D eigenvalue weighted by Crippen LogP contribution is 2.34. The number of allylic oxidation sites excluding steroid dienone is 1. The van der Waals surface area contributed by atoms with Crippen molar-refractivity contribution in [3.63, 3.8) is 0 Å². The van der Waals surface area contributed by atoms with Crippen LogP contribution >= 0.6 is 11.3 Å². The van der Waals surface area contributed by atoms with Crippen LogP contribution in [0.5, 0.6) is 0 Å². The second-order valence-electron chi connectivity index (χ2n) is 7.29. The van der Waals surface area contributed by atoms with E-state index in [0.717, 1.165) is 36.4 Å². The third-order valence-corrected chi connectivity index (χ3v) is 6.65. The van der Waals surface area contributed by atoms with Crippen LogP contribution in [-0.4, -0.2) is 10.3 Å². The summed E-state index contributed by atoms with van der Waals surface area (Å²) in [6.45, 7) is 19.8. The van der Waals surface area contributed by atoms with Gasteiger partial charge in [-0.1, -0.05) is 33.8 Å². The Labute approximate surface area is 163 Å². The van der Waals surface area contributed by atoms with Gasteiger partial charge in [-0.25, -0.2) is 4.99 Å². The Hall–Kier alpha value is -1.61. The Kier molecular flexibility index (Phi) is 7.05. The molecule has 0 saturated carbocycles. The predicted octanol–water partition coefficient (Wildman–Crippen LogP) is 7.59. The molecule has 0 fully saturated rings. The van der Waals surface area contributed by atoms with E-state index in [0.29, 0.717) is 6.04 Å². The summed E-state index contributed by atoms with van der Waals surface area (Å²) in [7, 11) is 0. The molecule has 142 valence electrons. The highest BCUT2D eigenvalue weighted by molar-refractivity contribution is 7.13. The molecule has 2 aromatic heterocycles. The normalized spacial score (nSPS) is 12.2. The van der Waals surface area contributed by atoms with E-state index in [1.54, 1.807) is 0 Å². The van der Waals surface area contributed by atoms with Crippen LogP contribution in [0.4, 0.5) is 5.82 Å². The van der Waals surface area contributed by atoms with Crippen molar-refractivity contribution in [2.24, 2.45) is 4.99 Å². The molecular formula is C23H34N2S. The minimum atomic E-state index is 0.502. The van der Waals surface area contributed by atoms with E-state index in [2.05, 4.69) is 71.9 Å². The zero-order chi connectivity index (χ0) is 19.4. The molecule has 0 radical (unpaired) electrons. The van der Waals surface area contributed by atoms with Crippen molar-refractivity contribution in [3.8, 4) is 0 Å². The van der Waals surface area contributed by atoms with Gasteiger partial charge in [-0.05, 0) is 69.7 Å². The Bertz CT molecular complexity index is 801. The average Bonchev–Trinajstić information content (AvgIpc) is 3.10. The number of nitrogens with zero attached hydrogens (tertiary/aromatic N) is 2. The van der Waals surface area contributed by atoms with E-state index < -0.39 is 0 Å². The van der Waals surface area contributed by atoms with Gasteiger partial charge in [0.1, 0.15) is 5.82 Å². The number of aromatic nitrogens is 1. The Morgan fingerprint density at radius 2 is 1.81 bits per heavy atom. The van der Waals surface area contributed by atoms with E-state index in [9.17, 15) is 0 Å². The van der Waals surface area contributed by atoms with E-state index in [1.165, 1.54) is 32.9 Å². The predicted molar refractivity (Wildman–Crippen MR) is 118 cm³/mol. The Morgan fingerprint density at radius 3 is 2.38 bits per heavy atom. The molecule has 26 heavy (non-hydrogen) atoms. The van der Waals surface area contributed by atoms with Gasteiger partial charge < -0.3 is 4.57 Å². The first-order chi connectivity index (χ1) is 12.3. The van der Waals surface area contributed by atoms with Gasteiger partial charge in [-0.3, -0.25) is 0 Å². The molecular weight excluding hydrogens is 336 g/mol. The van der Waals surface area contributed by atoms with Crippen molar-refractivity contribution in [3.05, 3.63) is 45.3 Å². The maximum Gasteiger partial charge on any atom is 0.136 e. The molecule has 0 spiro atoms. The first-order valence-corrected chi connectivity index (χ1v) is 10.7. The largest absolute Gasteiger partial charge is 0.329 e. The van der Waals surface area contributed by atoms with Crippen LogP contribution in [0.15, 0.2) is 23.8 Å². The lowest BCUT2D eigenvalue weighted by Crippen LogP contribution is -2.06. The van der Waals surface area contributed by atoms with Gasteiger partial charge in [0, 0.05) is 33.3 Å². The summed E-state index contributed by atoms with van der Waals surface area (Å²) < 4.78 is 2.37. The summed E-state index contributed by atoms with van der Waals surface area (Å²) in [6, 6.07) is 2.81. The lowest BCUT2D eigenvalue weighted by Gasteiger charge is -2.17. The summed E-state index contributed by atoms with van der Waals surface area (Å²) in [5.74, 6) is 1.10. The third-order valence-electron chi connectivity index (χ3n) is 5.29. The third kappa shape index (κ3) is 4.20. The van der Waals surface area contributed by atoms with E-state index in [1.807, 2.05) is 11.3 Å². The molecule has 0 aliphatic heterocycles. The molecule has 0 aromatic carbocycles. The zero-order valence-electron chi connectivity index (χ0n) is 17.6. The molecule has 0 aliphatic carbocycles. The van der Waals surface area contributed by atoms with Gasteiger partial charge in [0.25, 0.3) is 0 Å². The number of thiophene rings is 1.